The van der Waals surface area contributed by atoms with Crippen LogP contribution < -0.4 is 4.90 Å². The van der Waals surface area contributed by atoms with Gasteiger partial charge < -0.3 is 9.64 Å². The maximum atomic E-state index is 13.9. The quantitative estimate of drug-likeness (QED) is 0.531. The highest BCUT2D eigenvalue weighted by molar-refractivity contribution is 7.13. The van der Waals surface area contributed by atoms with E-state index in [1.807, 2.05) is 0 Å². The topological polar surface area (TPSA) is 80.0 Å². The minimum Gasteiger partial charge on any atom is -0.501 e. The van der Waals surface area contributed by atoms with Gasteiger partial charge in [-0.25, -0.2) is 9.97 Å². The van der Waals surface area contributed by atoms with Crippen molar-refractivity contribution in [1.29, 1.82) is 0 Å². The summed E-state index contributed by atoms with van der Waals surface area (Å²) in [7, 11) is 0. The van der Waals surface area contributed by atoms with Crippen molar-refractivity contribution in [3.05, 3.63) is 58.2 Å². The number of carbonyl (C=O) groups excluding carboxylic acids is 2. The number of halogens is 4. The van der Waals surface area contributed by atoms with Gasteiger partial charge in [0.1, 0.15) is 11.2 Å². The molecule has 0 radical (unpaired) electrons. The number of hydrogen-bond donors (Lipinski definition) is 0. The number of piperazine rings is 1. The molecule has 1 saturated heterocycles. The van der Waals surface area contributed by atoms with E-state index >= 15 is 0 Å². The first-order valence-corrected chi connectivity index (χ1v) is 11.5. The number of fused-ring (bicyclic) bond motifs is 1. The van der Waals surface area contributed by atoms with Crippen molar-refractivity contribution in [3.63, 3.8) is 0 Å². The summed E-state index contributed by atoms with van der Waals surface area (Å²) in [4.78, 5) is 37.1. The molecule has 2 amide bonds. The molecule has 2 atom stereocenters. The Balaban J connectivity index is 1.52. The summed E-state index contributed by atoms with van der Waals surface area (Å²) in [5, 5.41) is 2.00. The molecule has 3 aromatic rings. The fourth-order valence-electron chi connectivity index (χ4n) is 4.08. The van der Waals surface area contributed by atoms with Crippen LogP contribution in [0.3, 0.4) is 0 Å². The molecule has 5 heterocycles. The molecular formula is C21H17ClF3N5O3S. The van der Waals surface area contributed by atoms with Gasteiger partial charge in [0.2, 0.25) is 0 Å². The standard InChI is InChI=1S/C21H17ClF3N5O3S/c1-11-18(31)29(20-26-3-7-34-20)5-4-28(11)19(32)15-16(22)30-9-13(12-2-6-33-10-12)8-14(17(30)27-15)21(23,24)25/h2-3,6-9,11-12H,4-5,10H2,1H3. The molecule has 13 heteroatoms. The highest BCUT2D eigenvalue weighted by Gasteiger charge is 2.40. The number of anilines is 1. The number of aromatic nitrogens is 3. The maximum absolute atomic E-state index is 13.9. The largest absolute Gasteiger partial charge is 0.501 e. The Labute approximate surface area is 200 Å². The highest BCUT2D eigenvalue weighted by Crippen LogP contribution is 2.37. The predicted octanol–water partition coefficient (Wildman–Crippen LogP) is 3.97. The average molecular weight is 512 g/mol. The normalized spacial score (nSPS) is 20.9. The van der Waals surface area contributed by atoms with Crippen LogP contribution in [-0.2, 0) is 15.7 Å². The minimum atomic E-state index is -4.72. The summed E-state index contributed by atoms with van der Waals surface area (Å²) in [6, 6.07) is 0.125. The second kappa shape index (κ2) is 8.27. The number of alkyl halides is 3. The second-order valence-corrected chi connectivity index (χ2v) is 9.11. The van der Waals surface area contributed by atoms with Crippen LogP contribution in [0, 0.1) is 0 Å². The van der Waals surface area contributed by atoms with Crippen LogP contribution in [0.4, 0.5) is 18.3 Å². The van der Waals surface area contributed by atoms with Crippen molar-refractivity contribution >= 4 is 45.5 Å². The van der Waals surface area contributed by atoms with Crippen LogP contribution in [0.2, 0.25) is 5.15 Å². The van der Waals surface area contributed by atoms with Gasteiger partial charge in [-0.15, -0.1) is 11.3 Å². The lowest BCUT2D eigenvalue weighted by atomic mass is 10.0. The number of hydrogen-bond acceptors (Lipinski definition) is 6. The third-order valence-electron chi connectivity index (χ3n) is 5.87. The predicted molar refractivity (Wildman–Crippen MR) is 118 cm³/mol. The molecule has 0 aliphatic carbocycles. The van der Waals surface area contributed by atoms with Crippen molar-refractivity contribution in [3.8, 4) is 0 Å². The number of amides is 2. The lowest BCUT2D eigenvalue weighted by Gasteiger charge is -2.37. The zero-order valence-corrected chi connectivity index (χ0v) is 19.2. The van der Waals surface area contributed by atoms with Gasteiger partial charge in [0.25, 0.3) is 11.8 Å². The van der Waals surface area contributed by atoms with Crippen molar-refractivity contribution in [2.75, 3.05) is 24.6 Å². The smallest absolute Gasteiger partial charge is 0.419 e. The summed E-state index contributed by atoms with van der Waals surface area (Å²) in [5.41, 5.74) is -1.51. The zero-order valence-electron chi connectivity index (χ0n) is 17.6. The molecule has 0 saturated carbocycles. The van der Waals surface area contributed by atoms with E-state index in [-0.39, 0.29) is 42.4 Å². The second-order valence-electron chi connectivity index (χ2n) is 7.88. The van der Waals surface area contributed by atoms with Crippen LogP contribution in [0.15, 0.2) is 36.2 Å². The van der Waals surface area contributed by atoms with Gasteiger partial charge >= 0.3 is 6.18 Å². The Kier molecular flexibility index (Phi) is 5.52. The number of ether oxygens (including phenoxy) is 1. The van der Waals surface area contributed by atoms with Crippen LogP contribution in [0.5, 0.6) is 0 Å². The molecule has 178 valence electrons. The van der Waals surface area contributed by atoms with Crippen molar-refractivity contribution in [2.24, 2.45) is 0 Å². The molecule has 0 spiro atoms. The fourth-order valence-corrected chi connectivity index (χ4v) is 5.01. The molecule has 0 bridgehead atoms. The molecule has 8 nitrogen and oxygen atoms in total. The first kappa shape index (κ1) is 22.7. The van der Waals surface area contributed by atoms with E-state index in [2.05, 4.69) is 9.97 Å². The van der Waals surface area contributed by atoms with Gasteiger partial charge in [-0.05, 0) is 24.6 Å². The average Bonchev–Trinajstić information content (AvgIpc) is 3.56. The summed E-state index contributed by atoms with van der Waals surface area (Å²) < 4.78 is 47.8. The Morgan fingerprint density at radius 3 is 2.76 bits per heavy atom. The zero-order chi connectivity index (χ0) is 24.2. The first-order chi connectivity index (χ1) is 16.2. The number of rotatable bonds is 3. The van der Waals surface area contributed by atoms with Gasteiger partial charge in [0.15, 0.2) is 16.5 Å². The number of imidazole rings is 1. The Hall–Kier alpha value is -3.12. The molecule has 0 aromatic carbocycles. The van der Waals surface area contributed by atoms with Gasteiger partial charge in [0.05, 0.1) is 18.4 Å². The van der Waals surface area contributed by atoms with Gasteiger partial charge in [-0.3, -0.25) is 18.9 Å². The van der Waals surface area contributed by atoms with E-state index < -0.39 is 29.3 Å². The third kappa shape index (κ3) is 3.70. The van der Waals surface area contributed by atoms with Gasteiger partial charge in [-0.2, -0.15) is 13.2 Å². The van der Waals surface area contributed by atoms with Crippen LogP contribution in [-0.4, -0.2) is 56.8 Å². The molecule has 5 rings (SSSR count). The van der Waals surface area contributed by atoms with Crippen LogP contribution in [0.1, 0.15) is 34.5 Å². The fraction of sp³-hybridized carbons (Fsp3) is 0.333. The summed E-state index contributed by atoms with van der Waals surface area (Å²) in [6.07, 6.45) is 1.35. The number of carbonyl (C=O) groups is 2. The van der Waals surface area contributed by atoms with E-state index in [1.165, 1.54) is 33.6 Å². The van der Waals surface area contributed by atoms with E-state index in [0.29, 0.717) is 10.7 Å². The van der Waals surface area contributed by atoms with Crippen LogP contribution >= 0.6 is 22.9 Å². The van der Waals surface area contributed by atoms with E-state index in [9.17, 15) is 22.8 Å². The molecule has 34 heavy (non-hydrogen) atoms. The molecule has 2 unspecified atom stereocenters. The Morgan fingerprint density at radius 1 is 1.32 bits per heavy atom. The summed E-state index contributed by atoms with van der Waals surface area (Å²) in [6.45, 7) is 2.09. The van der Waals surface area contributed by atoms with Gasteiger partial charge in [-0.1, -0.05) is 11.6 Å². The lowest BCUT2D eigenvalue weighted by molar-refractivity contribution is -0.136. The summed E-state index contributed by atoms with van der Waals surface area (Å²) in [5.74, 6) is -1.45. The van der Waals surface area contributed by atoms with E-state index in [4.69, 9.17) is 16.3 Å². The summed E-state index contributed by atoms with van der Waals surface area (Å²) >= 11 is 7.69. The number of thiazole rings is 1. The van der Waals surface area contributed by atoms with E-state index in [1.54, 1.807) is 24.6 Å². The van der Waals surface area contributed by atoms with Crippen molar-refractivity contribution in [1.82, 2.24) is 19.3 Å². The Bertz CT molecular complexity index is 1310. The van der Waals surface area contributed by atoms with Gasteiger partial charge in [0, 0.05) is 36.8 Å². The van der Waals surface area contributed by atoms with Crippen molar-refractivity contribution in [2.45, 2.75) is 25.1 Å². The van der Waals surface area contributed by atoms with Crippen molar-refractivity contribution < 1.29 is 27.5 Å². The highest BCUT2D eigenvalue weighted by atomic mass is 35.5. The monoisotopic (exact) mass is 511 g/mol. The third-order valence-corrected chi connectivity index (χ3v) is 7.02. The molecular weight excluding hydrogens is 495 g/mol. The molecule has 1 fully saturated rings. The van der Waals surface area contributed by atoms with Crippen LogP contribution in [0.25, 0.3) is 5.65 Å². The van der Waals surface area contributed by atoms with E-state index in [0.717, 1.165) is 10.5 Å². The first-order valence-electron chi connectivity index (χ1n) is 10.3. The minimum absolute atomic E-state index is 0.150. The molecule has 2 aliphatic heterocycles. The molecule has 2 aliphatic rings. The molecule has 0 N–H and O–H groups in total. The Morgan fingerprint density at radius 2 is 2.12 bits per heavy atom. The molecule has 3 aromatic heterocycles. The number of nitrogens with zero attached hydrogens (tertiary/aromatic N) is 5. The maximum Gasteiger partial charge on any atom is 0.419 e. The SMILES string of the molecule is CC1C(=O)N(c2nccs2)CCN1C(=O)c1nc2c(C(F)(F)F)cc(C3C=COC3)cn2c1Cl. The lowest BCUT2D eigenvalue weighted by Crippen LogP contribution is -2.57. The number of pyridine rings is 1.